The molecule has 0 saturated carbocycles. The van der Waals surface area contributed by atoms with Crippen molar-refractivity contribution in [1.82, 2.24) is 9.97 Å². The van der Waals surface area contributed by atoms with Gasteiger partial charge < -0.3 is 15.0 Å². The number of nitrogens with zero attached hydrogens (tertiary/aromatic N) is 3. The van der Waals surface area contributed by atoms with E-state index in [4.69, 9.17) is 4.74 Å². The number of benzene rings is 1. The maximum atomic E-state index is 5.12. The lowest BCUT2D eigenvalue weighted by Crippen LogP contribution is -2.12. The number of hydrogen-bond donors (Lipinski definition) is 1. The standard InChI is InChI=1S/C14H18N4O/c1-18(2)13-8-9-15-14(17-13)16-10-11-4-6-12(19-3)7-5-11/h4-9H,10H2,1-3H3,(H,15,16,17). The second-order valence-corrected chi connectivity index (χ2v) is 4.33. The van der Waals surface area contributed by atoms with Crippen molar-refractivity contribution in [1.29, 1.82) is 0 Å². The molecule has 0 spiro atoms. The second kappa shape index (κ2) is 6.04. The van der Waals surface area contributed by atoms with Gasteiger partial charge in [-0.2, -0.15) is 4.98 Å². The highest BCUT2D eigenvalue weighted by molar-refractivity contribution is 5.41. The van der Waals surface area contributed by atoms with Gasteiger partial charge in [-0.3, -0.25) is 0 Å². The highest BCUT2D eigenvalue weighted by atomic mass is 16.5. The summed E-state index contributed by atoms with van der Waals surface area (Å²) < 4.78 is 5.12. The molecule has 0 aliphatic carbocycles. The van der Waals surface area contributed by atoms with Crippen LogP contribution in [0.15, 0.2) is 36.5 Å². The van der Waals surface area contributed by atoms with Crippen LogP contribution in [-0.4, -0.2) is 31.2 Å². The van der Waals surface area contributed by atoms with Crippen molar-refractivity contribution in [3.8, 4) is 5.75 Å². The van der Waals surface area contributed by atoms with Crippen LogP contribution in [0, 0.1) is 0 Å². The number of aromatic nitrogens is 2. The summed E-state index contributed by atoms with van der Waals surface area (Å²) in [6, 6.07) is 9.78. The number of methoxy groups -OCH3 is 1. The van der Waals surface area contributed by atoms with Crippen LogP contribution in [0.1, 0.15) is 5.56 Å². The van der Waals surface area contributed by atoms with Crippen molar-refractivity contribution >= 4 is 11.8 Å². The summed E-state index contributed by atoms with van der Waals surface area (Å²) in [7, 11) is 5.57. The van der Waals surface area contributed by atoms with Gasteiger partial charge in [-0.1, -0.05) is 12.1 Å². The first kappa shape index (κ1) is 13.1. The van der Waals surface area contributed by atoms with E-state index in [0.29, 0.717) is 12.5 Å². The maximum Gasteiger partial charge on any atom is 0.224 e. The van der Waals surface area contributed by atoms with Gasteiger partial charge in [0.25, 0.3) is 0 Å². The minimum Gasteiger partial charge on any atom is -0.497 e. The SMILES string of the molecule is COc1ccc(CNc2nccc(N(C)C)n2)cc1. The van der Waals surface area contributed by atoms with Gasteiger partial charge in [-0.25, -0.2) is 4.98 Å². The van der Waals surface area contributed by atoms with Gasteiger partial charge in [-0.05, 0) is 23.8 Å². The van der Waals surface area contributed by atoms with Gasteiger partial charge in [0.15, 0.2) is 0 Å². The fourth-order valence-corrected chi connectivity index (χ4v) is 1.61. The van der Waals surface area contributed by atoms with Crippen LogP contribution >= 0.6 is 0 Å². The Kier molecular flexibility index (Phi) is 4.18. The van der Waals surface area contributed by atoms with Crippen molar-refractivity contribution in [2.24, 2.45) is 0 Å². The third kappa shape index (κ3) is 3.58. The molecule has 1 aromatic heterocycles. The number of anilines is 2. The Labute approximate surface area is 113 Å². The number of nitrogens with one attached hydrogen (secondary N) is 1. The minimum atomic E-state index is 0.627. The van der Waals surface area contributed by atoms with Crippen LogP contribution in [-0.2, 0) is 6.54 Å². The zero-order valence-electron chi connectivity index (χ0n) is 11.4. The Morgan fingerprint density at radius 1 is 1.16 bits per heavy atom. The molecule has 2 aromatic rings. The summed E-state index contributed by atoms with van der Waals surface area (Å²) >= 11 is 0. The zero-order chi connectivity index (χ0) is 13.7. The first-order valence-electron chi connectivity index (χ1n) is 6.06. The fraction of sp³-hybridized carbons (Fsp3) is 0.286. The molecule has 0 atom stereocenters. The molecule has 2 rings (SSSR count). The minimum absolute atomic E-state index is 0.627. The summed E-state index contributed by atoms with van der Waals surface area (Å²) in [6.45, 7) is 0.681. The molecule has 0 aliphatic rings. The topological polar surface area (TPSA) is 50.3 Å². The lowest BCUT2D eigenvalue weighted by Gasteiger charge is -2.12. The van der Waals surface area contributed by atoms with Crippen molar-refractivity contribution in [3.05, 3.63) is 42.1 Å². The van der Waals surface area contributed by atoms with E-state index in [1.54, 1.807) is 13.3 Å². The second-order valence-electron chi connectivity index (χ2n) is 4.33. The van der Waals surface area contributed by atoms with Gasteiger partial charge in [0.2, 0.25) is 5.95 Å². The fourth-order valence-electron chi connectivity index (χ4n) is 1.61. The summed E-state index contributed by atoms with van der Waals surface area (Å²) in [5.74, 6) is 2.36. The molecular weight excluding hydrogens is 240 g/mol. The Balaban J connectivity index is 1.99. The Morgan fingerprint density at radius 3 is 2.53 bits per heavy atom. The molecule has 100 valence electrons. The molecule has 5 nitrogen and oxygen atoms in total. The molecule has 0 bridgehead atoms. The van der Waals surface area contributed by atoms with Gasteiger partial charge in [0.05, 0.1) is 7.11 Å². The average molecular weight is 258 g/mol. The third-order valence-corrected chi connectivity index (χ3v) is 2.71. The normalized spacial score (nSPS) is 10.1. The molecule has 19 heavy (non-hydrogen) atoms. The summed E-state index contributed by atoms with van der Waals surface area (Å²) in [6.07, 6.45) is 1.75. The van der Waals surface area contributed by atoms with Gasteiger partial charge >= 0.3 is 0 Å². The number of hydrogen-bond acceptors (Lipinski definition) is 5. The van der Waals surface area contributed by atoms with Crippen molar-refractivity contribution < 1.29 is 4.74 Å². The van der Waals surface area contributed by atoms with E-state index in [-0.39, 0.29) is 0 Å². The van der Waals surface area contributed by atoms with Crippen LogP contribution in [0.4, 0.5) is 11.8 Å². The van der Waals surface area contributed by atoms with E-state index in [9.17, 15) is 0 Å². The van der Waals surface area contributed by atoms with Crippen LogP contribution in [0.25, 0.3) is 0 Å². The zero-order valence-corrected chi connectivity index (χ0v) is 11.4. The molecule has 5 heteroatoms. The molecule has 0 aliphatic heterocycles. The Morgan fingerprint density at radius 2 is 1.89 bits per heavy atom. The molecule has 0 fully saturated rings. The van der Waals surface area contributed by atoms with E-state index < -0.39 is 0 Å². The molecule has 1 N–H and O–H groups in total. The monoisotopic (exact) mass is 258 g/mol. The summed E-state index contributed by atoms with van der Waals surface area (Å²) in [4.78, 5) is 10.5. The quantitative estimate of drug-likeness (QED) is 0.890. The van der Waals surface area contributed by atoms with Crippen molar-refractivity contribution in [3.63, 3.8) is 0 Å². The van der Waals surface area contributed by atoms with Gasteiger partial charge in [0.1, 0.15) is 11.6 Å². The summed E-state index contributed by atoms with van der Waals surface area (Å²) in [5.41, 5.74) is 1.15. The summed E-state index contributed by atoms with van der Waals surface area (Å²) in [5, 5.41) is 3.20. The van der Waals surface area contributed by atoms with Crippen molar-refractivity contribution in [2.75, 3.05) is 31.4 Å². The van der Waals surface area contributed by atoms with E-state index >= 15 is 0 Å². The molecule has 0 unspecified atom stereocenters. The first-order valence-corrected chi connectivity index (χ1v) is 6.06. The highest BCUT2D eigenvalue weighted by Crippen LogP contribution is 2.13. The largest absolute Gasteiger partial charge is 0.497 e. The van der Waals surface area contributed by atoms with Crippen LogP contribution < -0.4 is 15.0 Å². The lowest BCUT2D eigenvalue weighted by molar-refractivity contribution is 0.414. The smallest absolute Gasteiger partial charge is 0.224 e. The molecule has 0 saturated heterocycles. The van der Waals surface area contributed by atoms with Crippen LogP contribution in [0.3, 0.4) is 0 Å². The van der Waals surface area contributed by atoms with Gasteiger partial charge in [0, 0.05) is 26.8 Å². The molecule has 1 heterocycles. The molecule has 1 aromatic carbocycles. The highest BCUT2D eigenvalue weighted by Gasteiger charge is 2.01. The number of ether oxygens (including phenoxy) is 1. The molecular formula is C14H18N4O. The molecule has 0 amide bonds. The van der Waals surface area contributed by atoms with Crippen LogP contribution in [0.2, 0.25) is 0 Å². The Hall–Kier alpha value is -2.30. The van der Waals surface area contributed by atoms with E-state index in [1.165, 1.54) is 0 Å². The molecule has 0 radical (unpaired) electrons. The van der Waals surface area contributed by atoms with Gasteiger partial charge in [-0.15, -0.1) is 0 Å². The number of rotatable bonds is 5. The average Bonchev–Trinajstić information content (AvgIpc) is 2.46. The lowest BCUT2D eigenvalue weighted by atomic mass is 10.2. The van der Waals surface area contributed by atoms with E-state index in [2.05, 4.69) is 15.3 Å². The predicted octanol–water partition coefficient (Wildman–Crippen LogP) is 2.16. The van der Waals surface area contributed by atoms with E-state index in [0.717, 1.165) is 17.1 Å². The van der Waals surface area contributed by atoms with Crippen LogP contribution in [0.5, 0.6) is 5.75 Å². The predicted molar refractivity (Wildman–Crippen MR) is 76.7 cm³/mol. The maximum absolute atomic E-state index is 5.12. The van der Waals surface area contributed by atoms with E-state index in [1.807, 2.05) is 49.3 Å². The van der Waals surface area contributed by atoms with Crippen molar-refractivity contribution in [2.45, 2.75) is 6.54 Å². The first-order chi connectivity index (χ1) is 9.19. The Bertz CT molecular complexity index is 525. The third-order valence-electron chi connectivity index (χ3n) is 2.71.